The lowest BCUT2D eigenvalue weighted by Gasteiger charge is -2.48. The monoisotopic (exact) mass is 433 g/mol. The van der Waals surface area contributed by atoms with Crippen molar-refractivity contribution in [1.29, 1.82) is 0 Å². The first-order chi connectivity index (χ1) is 14.9. The van der Waals surface area contributed by atoms with Gasteiger partial charge in [-0.2, -0.15) is 0 Å². The van der Waals surface area contributed by atoms with Crippen LogP contribution in [0.3, 0.4) is 0 Å². The number of aromatic nitrogens is 2. The third-order valence-corrected chi connectivity index (χ3v) is 5.91. The van der Waals surface area contributed by atoms with Crippen LogP contribution in [0.4, 0.5) is 23.2 Å². The second kappa shape index (κ2) is 7.55. The number of ether oxygens (including phenoxy) is 1. The van der Waals surface area contributed by atoms with E-state index in [0.29, 0.717) is 11.2 Å². The van der Waals surface area contributed by atoms with Crippen molar-refractivity contribution < 1.29 is 27.1 Å². The normalized spacial score (nSPS) is 21.1. The molecule has 2 heterocycles. The minimum Gasteiger partial charge on any atom is -0.493 e. The lowest BCUT2D eigenvalue weighted by Crippen LogP contribution is -2.56. The fourth-order valence-electron chi connectivity index (χ4n) is 4.29. The molecule has 5 nitrogen and oxygen atoms in total. The molecule has 0 bridgehead atoms. The molecule has 0 unspecified atom stereocenters. The summed E-state index contributed by atoms with van der Waals surface area (Å²) in [5, 5.41) is 0. The number of fused-ring (bicyclic) bond motifs is 1. The molecule has 1 N–H and O–H groups in total. The standard InChI is InChI=1S/C22H19F4N3O2/c23-14-8-13(31-6-5-18(25)26)9-15(24)20(14)21-19(11-1-2-11)22(30)29(21)12-3-4-16-17(7-12)28-10-27-16/h3-4,7-11,18-19,21H,1-2,5-6H2,(H,27,28)/t19-,21-/m0/s1. The van der Waals surface area contributed by atoms with Gasteiger partial charge in [-0.05, 0) is 37.0 Å². The number of H-pyrrole nitrogens is 1. The molecule has 5 rings (SSSR count). The van der Waals surface area contributed by atoms with Gasteiger partial charge in [0.15, 0.2) is 0 Å². The molecular formula is C22H19F4N3O2. The van der Waals surface area contributed by atoms with Crippen LogP contribution in [0.2, 0.25) is 0 Å². The highest BCUT2D eigenvalue weighted by Gasteiger charge is 2.56. The van der Waals surface area contributed by atoms with E-state index in [9.17, 15) is 13.6 Å². The Hall–Kier alpha value is -3.10. The average molecular weight is 433 g/mol. The van der Waals surface area contributed by atoms with Gasteiger partial charge in [0.05, 0.1) is 35.9 Å². The van der Waals surface area contributed by atoms with Crippen molar-refractivity contribution in [1.82, 2.24) is 9.97 Å². The van der Waals surface area contributed by atoms with E-state index in [2.05, 4.69) is 9.97 Å². The molecule has 2 fully saturated rings. The highest BCUT2D eigenvalue weighted by atomic mass is 19.3. The van der Waals surface area contributed by atoms with E-state index in [1.807, 2.05) is 0 Å². The number of alkyl halides is 2. The highest BCUT2D eigenvalue weighted by molar-refractivity contribution is 6.04. The van der Waals surface area contributed by atoms with Crippen LogP contribution in [0.1, 0.15) is 30.9 Å². The Balaban J connectivity index is 1.49. The quantitative estimate of drug-likeness (QED) is 0.422. The number of benzene rings is 2. The number of hydrogen-bond donors (Lipinski definition) is 1. The molecule has 1 aromatic heterocycles. The maximum atomic E-state index is 15.0. The van der Waals surface area contributed by atoms with Crippen molar-refractivity contribution in [2.75, 3.05) is 11.5 Å². The van der Waals surface area contributed by atoms with Gasteiger partial charge in [-0.1, -0.05) is 0 Å². The lowest BCUT2D eigenvalue weighted by atomic mass is 9.78. The third kappa shape index (κ3) is 3.51. The van der Waals surface area contributed by atoms with Gasteiger partial charge in [-0.3, -0.25) is 4.79 Å². The van der Waals surface area contributed by atoms with E-state index in [1.165, 1.54) is 11.2 Å². The van der Waals surface area contributed by atoms with Gasteiger partial charge in [0, 0.05) is 29.8 Å². The number of nitrogens with one attached hydrogen (secondary N) is 1. The summed E-state index contributed by atoms with van der Waals surface area (Å²) in [4.78, 5) is 21.5. The van der Waals surface area contributed by atoms with Crippen molar-refractivity contribution in [3.05, 3.63) is 53.9 Å². The lowest BCUT2D eigenvalue weighted by molar-refractivity contribution is -0.131. The number of β-lactam (4-membered cyclic amide) rings is 1. The van der Waals surface area contributed by atoms with E-state index in [1.54, 1.807) is 18.2 Å². The molecule has 9 heteroatoms. The van der Waals surface area contributed by atoms with Gasteiger partial charge in [-0.25, -0.2) is 22.5 Å². The van der Waals surface area contributed by atoms with Gasteiger partial charge >= 0.3 is 0 Å². The Kier molecular flexibility index (Phi) is 4.83. The number of imidazole rings is 1. The van der Waals surface area contributed by atoms with Crippen LogP contribution < -0.4 is 9.64 Å². The van der Waals surface area contributed by atoms with Crippen LogP contribution in [-0.2, 0) is 4.79 Å². The smallest absolute Gasteiger partial charge is 0.241 e. The zero-order valence-corrected chi connectivity index (χ0v) is 16.3. The predicted octanol–water partition coefficient (Wildman–Crippen LogP) is 4.99. The van der Waals surface area contributed by atoms with Crippen LogP contribution in [0.5, 0.6) is 5.75 Å². The SMILES string of the molecule is O=C1[C@@H](C2CC2)[C@@H](c2c(F)cc(OCCC(F)F)cc2F)N1c1ccc2[nH]cnc2c1. The number of carbonyl (C=O) groups excluding carboxylic acids is 1. The average Bonchev–Trinajstić information content (AvgIpc) is 3.41. The first-order valence-electron chi connectivity index (χ1n) is 10.1. The second-order valence-corrected chi connectivity index (χ2v) is 7.95. The molecule has 1 amide bonds. The Labute approximate surface area is 175 Å². The van der Waals surface area contributed by atoms with E-state index in [4.69, 9.17) is 4.74 Å². The third-order valence-electron chi connectivity index (χ3n) is 5.91. The van der Waals surface area contributed by atoms with Crippen LogP contribution in [-0.4, -0.2) is 28.9 Å². The zero-order valence-electron chi connectivity index (χ0n) is 16.3. The summed E-state index contributed by atoms with van der Waals surface area (Å²) in [5.74, 6) is -2.44. The first-order valence-corrected chi connectivity index (χ1v) is 10.1. The van der Waals surface area contributed by atoms with E-state index >= 15 is 8.78 Å². The van der Waals surface area contributed by atoms with Gasteiger partial charge < -0.3 is 14.6 Å². The fraction of sp³-hybridized carbons (Fsp3) is 0.364. The number of aromatic amines is 1. The Morgan fingerprint density at radius 2 is 1.90 bits per heavy atom. The molecule has 0 spiro atoms. The Morgan fingerprint density at radius 1 is 1.16 bits per heavy atom. The predicted molar refractivity (Wildman–Crippen MR) is 105 cm³/mol. The number of halogens is 4. The molecule has 1 saturated heterocycles. The molecule has 0 radical (unpaired) electrons. The molecule has 31 heavy (non-hydrogen) atoms. The van der Waals surface area contributed by atoms with Crippen molar-refractivity contribution in [3.8, 4) is 5.75 Å². The molecule has 2 aromatic carbocycles. The number of nitrogens with zero attached hydrogens (tertiary/aromatic N) is 2. The molecule has 162 valence electrons. The van der Waals surface area contributed by atoms with E-state index < -0.39 is 36.4 Å². The number of amides is 1. The number of carbonyl (C=O) groups is 1. The zero-order chi connectivity index (χ0) is 21.7. The Morgan fingerprint density at radius 3 is 2.58 bits per heavy atom. The number of rotatable bonds is 7. The van der Waals surface area contributed by atoms with Crippen LogP contribution in [0.15, 0.2) is 36.7 Å². The summed E-state index contributed by atoms with van der Waals surface area (Å²) >= 11 is 0. The van der Waals surface area contributed by atoms with E-state index in [-0.39, 0.29) is 29.7 Å². The van der Waals surface area contributed by atoms with Crippen molar-refractivity contribution in [2.24, 2.45) is 11.8 Å². The van der Waals surface area contributed by atoms with Gasteiger partial charge in [0.2, 0.25) is 12.3 Å². The van der Waals surface area contributed by atoms with Gasteiger partial charge in [0.1, 0.15) is 17.4 Å². The van der Waals surface area contributed by atoms with Gasteiger partial charge in [0.25, 0.3) is 0 Å². The molecule has 1 saturated carbocycles. The van der Waals surface area contributed by atoms with Crippen molar-refractivity contribution in [3.63, 3.8) is 0 Å². The molecular weight excluding hydrogens is 414 g/mol. The minimum absolute atomic E-state index is 0.101. The summed E-state index contributed by atoms with van der Waals surface area (Å²) < 4.78 is 59.7. The summed E-state index contributed by atoms with van der Waals surface area (Å²) in [6, 6.07) is 6.38. The summed E-state index contributed by atoms with van der Waals surface area (Å²) in [6.07, 6.45) is 0.127. The molecule has 1 aliphatic heterocycles. The maximum Gasteiger partial charge on any atom is 0.241 e. The number of hydrogen-bond acceptors (Lipinski definition) is 3. The highest BCUT2D eigenvalue weighted by Crippen LogP contribution is 2.55. The van der Waals surface area contributed by atoms with Crippen LogP contribution in [0.25, 0.3) is 11.0 Å². The summed E-state index contributed by atoms with van der Waals surface area (Å²) in [5.41, 5.74) is 1.74. The maximum absolute atomic E-state index is 15.0. The van der Waals surface area contributed by atoms with Gasteiger partial charge in [-0.15, -0.1) is 0 Å². The van der Waals surface area contributed by atoms with Crippen LogP contribution >= 0.6 is 0 Å². The second-order valence-electron chi connectivity index (χ2n) is 7.95. The largest absolute Gasteiger partial charge is 0.493 e. The topological polar surface area (TPSA) is 58.2 Å². The molecule has 1 aliphatic carbocycles. The van der Waals surface area contributed by atoms with Crippen molar-refractivity contribution in [2.45, 2.75) is 31.7 Å². The molecule has 2 atom stereocenters. The molecule has 3 aromatic rings. The number of anilines is 1. The van der Waals surface area contributed by atoms with Crippen LogP contribution in [0, 0.1) is 23.5 Å². The Bertz CT molecular complexity index is 1120. The van der Waals surface area contributed by atoms with E-state index in [0.717, 1.165) is 30.5 Å². The minimum atomic E-state index is -2.56. The first kappa shape index (κ1) is 19.8. The van der Waals surface area contributed by atoms with Crippen molar-refractivity contribution >= 4 is 22.6 Å². The molecule has 2 aliphatic rings. The fourth-order valence-corrected chi connectivity index (χ4v) is 4.29. The summed E-state index contributed by atoms with van der Waals surface area (Å²) in [6.45, 7) is -0.349. The summed E-state index contributed by atoms with van der Waals surface area (Å²) in [7, 11) is 0.